The number of sulfone groups is 1. The molecule has 1 aliphatic rings. The lowest BCUT2D eigenvalue weighted by atomic mass is 10.2. The Balaban J connectivity index is 2.12. The summed E-state index contributed by atoms with van der Waals surface area (Å²) >= 11 is 0. The lowest BCUT2D eigenvalue weighted by molar-refractivity contribution is 0.0768. The van der Waals surface area contributed by atoms with Gasteiger partial charge in [0.2, 0.25) is 0 Å². The summed E-state index contributed by atoms with van der Waals surface area (Å²) in [5.41, 5.74) is 5.88. The first-order chi connectivity index (χ1) is 8.48. The Labute approximate surface area is 106 Å². The molecule has 0 spiro atoms. The summed E-state index contributed by atoms with van der Waals surface area (Å²) < 4.78 is 22.9. The van der Waals surface area contributed by atoms with Gasteiger partial charge in [0.15, 0.2) is 9.84 Å². The first kappa shape index (κ1) is 12.8. The van der Waals surface area contributed by atoms with Crippen LogP contribution < -0.4 is 5.73 Å². The maximum atomic E-state index is 12.1. The third kappa shape index (κ3) is 2.98. The van der Waals surface area contributed by atoms with Crippen LogP contribution in [0.3, 0.4) is 0 Å². The van der Waals surface area contributed by atoms with Gasteiger partial charge in [0.1, 0.15) is 5.82 Å². The Kier molecular flexibility index (Phi) is 3.51. The number of hydrogen-bond donors (Lipinski definition) is 1. The van der Waals surface area contributed by atoms with Crippen LogP contribution in [0.1, 0.15) is 16.8 Å². The molecule has 2 N–H and O–H groups in total. The van der Waals surface area contributed by atoms with Crippen molar-refractivity contribution in [1.29, 1.82) is 0 Å². The second-order valence-electron chi connectivity index (χ2n) is 4.27. The Hall–Kier alpha value is -1.63. The predicted octanol–water partition coefficient (Wildman–Crippen LogP) is -0.0755. The van der Waals surface area contributed by atoms with Crippen LogP contribution in [0.2, 0.25) is 0 Å². The van der Waals surface area contributed by atoms with Crippen LogP contribution in [-0.2, 0) is 9.84 Å². The van der Waals surface area contributed by atoms with Crippen LogP contribution in [-0.4, -0.2) is 48.8 Å². The number of carbonyl (C=O) groups is 1. The van der Waals surface area contributed by atoms with Crippen LogP contribution in [0, 0.1) is 0 Å². The molecule has 1 aromatic rings. The fourth-order valence-corrected chi connectivity index (χ4v) is 3.13. The molecule has 7 heteroatoms. The number of hydrogen-bond acceptors (Lipinski definition) is 5. The van der Waals surface area contributed by atoms with Crippen molar-refractivity contribution in [3.63, 3.8) is 0 Å². The summed E-state index contributed by atoms with van der Waals surface area (Å²) in [5.74, 6) is 0.336. The molecule has 0 aliphatic carbocycles. The highest BCUT2D eigenvalue weighted by Crippen LogP contribution is 2.10. The van der Waals surface area contributed by atoms with Crippen molar-refractivity contribution < 1.29 is 13.2 Å². The van der Waals surface area contributed by atoms with Crippen LogP contribution in [0.25, 0.3) is 0 Å². The third-order valence-corrected chi connectivity index (χ3v) is 4.59. The number of aromatic nitrogens is 1. The second kappa shape index (κ2) is 4.93. The molecule has 98 valence electrons. The van der Waals surface area contributed by atoms with Crippen molar-refractivity contribution in [2.75, 3.05) is 30.3 Å². The Morgan fingerprint density at radius 3 is 2.72 bits per heavy atom. The van der Waals surface area contributed by atoms with Crippen molar-refractivity contribution in [1.82, 2.24) is 9.88 Å². The van der Waals surface area contributed by atoms with E-state index >= 15 is 0 Å². The van der Waals surface area contributed by atoms with Crippen molar-refractivity contribution in [2.45, 2.75) is 6.42 Å². The second-order valence-corrected chi connectivity index (χ2v) is 6.57. The van der Waals surface area contributed by atoms with Gasteiger partial charge in [0.25, 0.3) is 5.91 Å². The van der Waals surface area contributed by atoms with Crippen LogP contribution in [0.15, 0.2) is 18.3 Å². The van der Waals surface area contributed by atoms with Gasteiger partial charge in [0, 0.05) is 19.3 Å². The van der Waals surface area contributed by atoms with Crippen molar-refractivity contribution in [3.05, 3.63) is 23.9 Å². The van der Waals surface area contributed by atoms with Crippen molar-refractivity contribution in [3.8, 4) is 0 Å². The molecule has 6 nitrogen and oxygen atoms in total. The molecule has 2 rings (SSSR count). The topological polar surface area (TPSA) is 93.4 Å². The smallest absolute Gasteiger partial charge is 0.255 e. The van der Waals surface area contributed by atoms with Gasteiger partial charge in [-0.05, 0) is 18.6 Å². The average Bonchev–Trinajstić information content (AvgIpc) is 2.50. The van der Waals surface area contributed by atoms with E-state index in [0.717, 1.165) is 0 Å². The molecular formula is C11H15N3O3S. The van der Waals surface area contributed by atoms with Crippen LogP contribution in [0.5, 0.6) is 0 Å². The summed E-state index contributed by atoms with van der Waals surface area (Å²) in [6.07, 6.45) is 1.90. The number of carbonyl (C=O) groups excluding carboxylic acids is 1. The highest BCUT2D eigenvalue weighted by molar-refractivity contribution is 7.91. The summed E-state index contributed by atoms with van der Waals surface area (Å²) in [6, 6.07) is 3.16. The van der Waals surface area contributed by atoms with E-state index in [1.54, 1.807) is 17.0 Å². The highest BCUT2D eigenvalue weighted by atomic mass is 32.2. The summed E-state index contributed by atoms with van der Waals surface area (Å²) in [4.78, 5) is 17.5. The molecule has 2 heterocycles. The molecule has 0 saturated carbocycles. The zero-order valence-corrected chi connectivity index (χ0v) is 10.7. The van der Waals surface area contributed by atoms with Gasteiger partial charge < -0.3 is 10.6 Å². The minimum absolute atomic E-state index is 0.0289. The monoisotopic (exact) mass is 269 g/mol. The number of nitrogens with two attached hydrogens (primary N) is 1. The molecule has 0 unspecified atom stereocenters. The van der Waals surface area contributed by atoms with Gasteiger partial charge in [-0.15, -0.1) is 0 Å². The number of nitrogen functional groups attached to an aromatic ring is 1. The minimum atomic E-state index is -3.00. The number of nitrogens with zero attached hydrogens (tertiary/aromatic N) is 2. The molecule has 0 aromatic carbocycles. The SMILES string of the molecule is Nc1ccc(C(=O)N2CCCS(=O)(=O)CC2)cn1. The van der Waals surface area contributed by atoms with E-state index in [9.17, 15) is 13.2 Å². The molecule has 1 saturated heterocycles. The molecule has 0 radical (unpaired) electrons. The zero-order valence-electron chi connectivity index (χ0n) is 9.87. The summed E-state index contributed by atoms with van der Waals surface area (Å²) in [6.45, 7) is 0.702. The number of pyridine rings is 1. The molecule has 0 bridgehead atoms. The van der Waals surface area contributed by atoms with Gasteiger partial charge >= 0.3 is 0 Å². The number of amides is 1. The van der Waals surface area contributed by atoms with Crippen molar-refractivity contribution in [2.24, 2.45) is 0 Å². The van der Waals surface area contributed by atoms with E-state index in [1.165, 1.54) is 6.20 Å². The van der Waals surface area contributed by atoms with Gasteiger partial charge in [0.05, 0.1) is 17.1 Å². The van der Waals surface area contributed by atoms with E-state index in [0.29, 0.717) is 24.3 Å². The highest BCUT2D eigenvalue weighted by Gasteiger charge is 2.23. The molecule has 1 fully saturated rings. The molecule has 18 heavy (non-hydrogen) atoms. The van der Waals surface area contributed by atoms with Gasteiger partial charge in [-0.2, -0.15) is 0 Å². The van der Waals surface area contributed by atoms with E-state index < -0.39 is 9.84 Å². The Morgan fingerprint density at radius 2 is 2.06 bits per heavy atom. The summed E-state index contributed by atoms with van der Waals surface area (Å²) in [5, 5.41) is 0. The minimum Gasteiger partial charge on any atom is -0.384 e. The average molecular weight is 269 g/mol. The van der Waals surface area contributed by atoms with E-state index in [-0.39, 0.29) is 24.0 Å². The first-order valence-corrected chi connectivity index (χ1v) is 7.51. The van der Waals surface area contributed by atoms with Crippen LogP contribution >= 0.6 is 0 Å². The Bertz CT molecular complexity index is 539. The van der Waals surface area contributed by atoms with Gasteiger partial charge in [-0.25, -0.2) is 13.4 Å². The van der Waals surface area contributed by atoms with Crippen molar-refractivity contribution >= 4 is 21.6 Å². The van der Waals surface area contributed by atoms with E-state index in [4.69, 9.17) is 5.73 Å². The van der Waals surface area contributed by atoms with E-state index in [2.05, 4.69) is 4.98 Å². The third-order valence-electron chi connectivity index (χ3n) is 2.88. The standard InChI is InChI=1S/C11H15N3O3S/c12-10-3-2-9(8-13-10)11(15)14-4-1-6-18(16,17)7-5-14/h2-3,8H,1,4-7H2,(H2,12,13). The normalized spacial score (nSPS) is 19.2. The molecular weight excluding hydrogens is 254 g/mol. The zero-order chi connectivity index (χ0) is 13.2. The number of anilines is 1. The number of rotatable bonds is 1. The first-order valence-electron chi connectivity index (χ1n) is 5.69. The lowest BCUT2D eigenvalue weighted by Gasteiger charge is -2.19. The van der Waals surface area contributed by atoms with Crippen LogP contribution in [0.4, 0.5) is 5.82 Å². The predicted molar refractivity (Wildman–Crippen MR) is 67.8 cm³/mol. The van der Waals surface area contributed by atoms with E-state index in [1.807, 2.05) is 0 Å². The Morgan fingerprint density at radius 1 is 1.28 bits per heavy atom. The van der Waals surface area contributed by atoms with Gasteiger partial charge in [-0.3, -0.25) is 4.79 Å². The molecule has 1 amide bonds. The van der Waals surface area contributed by atoms with Gasteiger partial charge in [-0.1, -0.05) is 0 Å². The molecule has 1 aliphatic heterocycles. The fraction of sp³-hybridized carbons (Fsp3) is 0.455. The maximum absolute atomic E-state index is 12.1. The maximum Gasteiger partial charge on any atom is 0.255 e. The quantitative estimate of drug-likeness (QED) is 0.770. The summed E-state index contributed by atoms with van der Waals surface area (Å²) in [7, 11) is -3.00. The largest absolute Gasteiger partial charge is 0.384 e. The fourth-order valence-electron chi connectivity index (χ4n) is 1.86. The molecule has 1 aromatic heterocycles. The lowest BCUT2D eigenvalue weighted by Crippen LogP contribution is -2.33. The molecule has 0 atom stereocenters.